The molecule has 11 heteroatoms. The van der Waals surface area contributed by atoms with E-state index in [2.05, 4.69) is 31.5 Å². The van der Waals surface area contributed by atoms with Crippen LogP contribution < -0.4 is 5.32 Å². The predicted molar refractivity (Wildman–Crippen MR) is 128 cm³/mol. The first-order valence-electron chi connectivity index (χ1n) is 11.4. The maximum Gasteiger partial charge on any atom is 0.412 e. The van der Waals surface area contributed by atoms with Crippen LogP contribution in [0.2, 0.25) is 0 Å². The number of aromatic nitrogens is 3. The van der Waals surface area contributed by atoms with Crippen LogP contribution in [0, 0.1) is 18.8 Å². The lowest BCUT2D eigenvalue weighted by atomic mass is 10.1. The summed E-state index contributed by atoms with van der Waals surface area (Å²) in [5, 5.41) is 12.2. The summed E-state index contributed by atoms with van der Waals surface area (Å²) in [6.45, 7) is 2.12. The van der Waals surface area contributed by atoms with E-state index in [1.54, 1.807) is 0 Å². The zero-order chi connectivity index (χ0) is 24.9. The molecule has 6 rings (SSSR count). The Morgan fingerprint density at radius 3 is 2.72 bits per heavy atom. The number of nitrogens with one attached hydrogen (secondary N) is 1. The number of aliphatic carboxylic acids is 1. The van der Waals surface area contributed by atoms with Gasteiger partial charge in [-0.05, 0) is 67.1 Å². The number of rotatable bonds is 6. The Kier molecular flexibility index (Phi) is 5.26. The number of oxazole rings is 2. The lowest BCUT2D eigenvalue weighted by molar-refractivity contribution is -0.140. The minimum absolute atomic E-state index is 0.0305. The summed E-state index contributed by atoms with van der Waals surface area (Å²) < 4.78 is 21.0. The number of hydrogen-bond donors (Lipinski definition) is 2. The number of carbonyl (C=O) groups excluding carboxylic acids is 1. The van der Waals surface area contributed by atoms with Crippen molar-refractivity contribution in [2.75, 3.05) is 5.32 Å². The molecule has 3 heterocycles. The molecule has 0 aliphatic heterocycles. The van der Waals surface area contributed by atoms with Crippen molar-refractivity contribution in [2.24, 2.45) is 0 Å². The molecular formula is C25H20N4O6S. The van der Waals surface area contributed by atoms with Gasteiger partial charge in [-0.2, -0.15) is 14.3 Å². The lowest BCUT2D eigenvalue weighted by Crippen LogP contribution is -2.19. The van der Waals surface area contributed by atoms with Crippen LogP contribution in [0.25, 0.3) is 11.4 Å². The molecule has 4 aromatic rings. The Hall–Kier alpha value is -4.17. The molecule has 1 aromatic carbocycles. The molecule has 2 aliphatic rings. The molecule has 0 saturated heterocycles. The molecule has 10 nitrogen and oxygen atoms in total. The number of carboxylic acids is 1. The van der Waals surface area contributed by atoms with Crippen LogP contribution >= 0.6 is 11.5 Å². The molecule has 0 radical (unpaired) electrons. The Labute approximate surface area is 208 Å². The molecule has 0 atom stereocenters. The minimum Gasteiger partial charge on any atom is -0.480 e. The summed E-state index contributed by atoms with van der Waals surface area (Å²) >= 11 is 1.18. The fraction of sp³-hybridized carbons (Fsp3) is 0.320. The molecule has 2 fully saturated rings. The van der Waals surface area contributed by atoms with E-state index < -0.39 is 17.5 Å². The van der Waals surface area contributed by atoms with Crippen LogP contribution in [0.1, 0.15) is 65.1 Å². The quantitative estimate of drug-likeness (QED) is 0.357. The van der Waals surface area contributed by atoms with Crippen molar-refractivity contribution in [2.45, 2.75) is 50.5 Å². The second-order valence-electron chi connectivity index (χ2n) is 8.96. The zero-order valence-corrected chi connectivity index (χ0v) is 20.0. The smallest absolute Gasteiger partial charge is 0.412 e. The van der Waals surface area contributed by atoms with Crippen molar-refractivity contribution < 1.29 is 28.3 Å². The van der Waals surface area contributed by atoms with Crippen molar-refractivity contribution in [3.05, 3.63) is 57.7 Å². The predicted octanol–water partition coefficient (Wildman–Crippen LogP) is 4.72. The van der Waals surface area contributed by atoms with Gasteiger partial charge in [-0.3, -0.25) is 10.1 Å². The maximum atomic E-state index is 12.6. The fourth-order valence-electron chi connectivity index (χ4n) is 3.85. The molecule has 0 unspecified atom stereocenters. The lowest BCUT2D eigenvalue weighted by Gasteiger charge is -2.09. The van der Waals surface area contributed by atoms with E-state index in [1.165, 1.54) is 11.5 Å². The van der Waals surface area contributed by atoms with E-state index in [4.69, 9.17) is 13.6 Å². The Morgan fingerprint density at radius 2 is 2.03 bits per heavy atom. The number of hydrogen-bond acceptors (Lipinski definition) is 9. The number of nitrogens with zero attached hydrogens (tertiary/aromatic N) is 3. The molecule has 182 valence electrons. The average molecular weight is 505 g/mol. The monoisotopic (exact) mass is 504 g/mol. The summed E-state index contributed by atoms with van der Waals surface area (Å²) in [5.41, 5.74) is 2.40. The number of ether oxygens (including phenoxy) is 1. The van der Waals surface area contributed by atoms with Crippen LogP contribution in [0.4, 0.5) is 10.5 Å². The molecule has 0 spiro atoms. The highest BCUT2D eigenvalue weighted by Gasteiger charge is 2.56. The van der Waals surface area contributed by atoms with Crippen LogP contribution in [0.3, 0.4) is 0 Å². The standard InChI is InChI=1S/C25H20N4O6S/c1-13-4-2-3-5-15(13)12-33-24(32)27-19-16(36-29-18(19)14-6-7-14)8-9-17-26-20-21(34-17)35-22(28-20)25(10-11-25)23(30)31/h2-5,14H,6-7,10-12H2,1H3,(H,27,32)(H,30,31). The van der Waals surface area contributed by atoms with E-state index >= 15 is 0 Å². The first kappa shape index (κ1) is 22.3. The van der Waals surface area contributed by atoms with E-state index in [0.717, 1.165) is 29.7 Å². The van der Waals surface area contributed by atoms with Crippen LogP contribution in [0.15, 0.2) is 33.1 Å². The minimum atomic E-state index is -1.08. The first-order chi connectivity index (χ1) is 17.4. The summed E-state index contributed by atoms with van der Waals surface area (Å²) in [7, 11) is 0. The second-order valence-corrected chi connectivity index (χ2v) is 9.73. The Bertz CT molecular complexity index is 1530. The Balaban J connectivity index is 1.20. The van der Waals surface area contributed by atoms with Crippen molar-refractivity contribution in [3.8, 4) is 11.8 Å². The number of carbonyl (C=O) groups is 2. The second kappa shape index (κ2) is 8.49. The number of fused-ring (bicyclic) bond motifs is 1. The number of amides is 1. The topological polar surface area (TPSA) is 141 Å². The fourth-order valence-corrected chi connectivity index (χ4v) is 4.63. The van der Waals surface area contributed by atoms with Gasteiger partial charge in [0.1, 0.15) is 16.9 Å². The molecular weight excluding hydrogens is 484 g/mol. The van der Waals surface area contributed by atoms with Crippen LogP contribution in [-0.4, -0.2) is 31.5 Å². The number of benzene rings is 1. The molecule has 0 bridgehead atoms. The highest BCUT2D eigenvalue weighted by Crippen LogP contribution is 2.48. The number of aryl methyl sites for hydroxylation is 1. The van der Waals surface area contributed by atoms with Crippen molar-refractivity contribution in [3.63, 3.8) is 0 Å². The summed E-state index contributed by atoms with van der Waals surface area (Å²) in [5.74, 6) is 5.30. The van der Waals surface area contributed by atoms with Crippen molar-refractivity contribution in [1.29, 1.82) is 0 Å². The molecule has 2 aliphatic carbocycles. The van der Waals surface area contributed by atoms with Gasteiger partial charge in [0, 0.05) is 5.92 Å². The van der Waals surface area contributed by atoms with Gasteiger partial charge >= 0.3 is 17.8 Å². The van der Waals surface area contributed by atoms with Gasteiger partial charge in [0.05, 0.1) is 11.4 Å². The van der Waals surface area contributed by atoms with Gasteiger partial charge in [-0.1, -0.05) is 24.3 Å². The van der Waals surface area contributed by atoms with E-state index in [9.17, 15) is 14.7 Å². The average Bonchev–Trinajstić information content (AvgIpc) is 3.75. The summed E-state index contributed by atoms with van der Waals surface area (Å²) in [6.07, 6.45) is 2.37. The van der Waals surface area contributed by atoms with Crippen molar-refractivity contribution >= 4 is 40.7 Å². The van der Waals surface area contributed by atoms with Gasteiger partial charge in [0.2, 0.25) is 11.5 Å². The van der Waals surface area contributed by atoms with Gasteiger partial charge in [-0.15, -0.1) is 0 Å². The van der Waals surface area contributed by atoms with E-state index in [1.807, 2.05) is 31.2 Å². The van der Waals surface area contributed by atoms with E-state index in [-0.39, 0.29) is 29.8 Å². The first-order valence-corrected chi connectivity index (χ1v) is 12.2. The highest BCUT2D eigenvalue weighted by atomic mass is 32.1. The summed E-state index contributed by atoms with van der Waals surface area (Å²) in [4.78, 5) is 33.0. The van der Waals surface area contributed by atoms with Crippen molar-refractivity contribution in [1.82, 2.24) is 14.3 Å². The van der Waals surface area contributed by atoms with Crippen LogP contribution in [-0.2, 0) is 21.6 Å². The third kappa shape index (κ3) is 4.09. The molecule has 2 saturated carbocycles. The third-order valence-corrected chi connectivity index (χ3v) is 7.13. The SMILES string of the molecule is Cc1ccccc1COC(=O)Nc1c(C2CC2)nsc1C#Cc1nc2nc(C3(C(=O)O)CC3)oc2o1. The van der Waals surface area contributed by atoms with Crippen LogP contribution in [0.5, 0.6) is 0 Å². The third-order valence-electron chi connectivity index (χ3n) is 6.36. The summed E-state index contributed by atoms with van der Waals surface area (Å²) in [6, 6.07) is 7.71. The number of anilines is 1. The van der Waals surface area contributed by atoms with Gasteiger partial charge < -0.3 is 18.7 Å². The van der Waals surface area contributed by atoms with Gasteiger partial charge in [-0.25, -0.2) is 4.79 Å². The maximum absolute atomic E-state index is 12.6. The van der Waals surface area contributed by atoms with Gasteiger partial charge in [0.25, 0.3) is 5.89 Å². The molecule has 2 N–H and O–H groups in total. The Morgan fingerprint density at radius 1 is 1.22 bits per heavy atom. The van der Waals surface area contributed by atoms with E-state index in [0.29, 0.717) is 29.3 Å². The van der Waals surface area contributed by atoms with Gasteiger partial charge in [0.15, 0.2) is 0 Å². The molecule has 36 heavy (non-hydrogen) atoms. The largest absolute Gasteiger partial charge is 0.480 e. The molecule has 1 amide bonds. The molecule has 3 aromatic heterocycles. The zero-order valence-electron chi connectivity index (χ0n) is 19.2. The highest BCUT2D eigenvalue weighted by molar-refractivity contribution is 7.07. The number of carboxylic acid groups (broad SMARTS) is 1. The normalized spacial score (nSPS) is 15.8.